The number of carbonyl (C=O) groups excluding carboxylic acids is 2. The Morgan fingerprint density at radius 3 is 2.55 bits per heavy atom. The van der Waals surface area contributed by atoms with Crippen molar-refractivity contribution in [2.75, 3.05) is 29.9 Å². The number of fused-ring (bicyclic) bond motifs is 1. The molecule has 6 nitrogen and oxygen atoms in total. The first-order valence-corrected chi connectivity index (χ1v) is 9.47. The molecule has 0 aliphatic carbocycles. The van der Waals surface area contributed by atoms with Gasteiger partial charge >= 0.3 is 5.97 Å². The van der Waals surface area contributed by atoms with Crippen LogP contribution < -0.4 is 10.2 Å². The third kappa shape index (κ3) is 4.34. The molecule has 1 aliphatic heterocycles. The molecule has 2 aromatic carbocycles. The van der Waals surface area contributed by atoms with Crippen LogP contribution in [-0.2, 0) is 9.53 Å². The van der Waals surface area contributed by atoms with Crippen LogP contribution in [-0.4, -0.2) is 36.6 Å². The number of aromatic nitrogens is 1. The third-order valence-electron chi connectivity index (χ3n) is 4.79. The zero-order chi connectivity index (χ0) is 20.2. The lowest BCUT2D eigenvalue weighted by atomic mass is 10.1. The minimum absolute atomic E-state index is 0.347. The molecule has 2 heterocycles. The van der Waals surface area contributed by atoms with Crippen molar-refractivity contribution in [3.63, 3.8) is 0 Å². The molecule has 1 aromatic heterocycles. The molecule has 0 radical (unpaired) electrons. The highest BCUT2D eigenvalue weighted by Gasteiger charge is 2.23. The molecule has 0 unspecified atom stereocenters. The molecule has 1 saturated heterocycles. The summed E-state index contributed by atoms with van der Waals surface area (Å²) in [6.07, 6.45) is 2.09. The highest BCUT2D eigenvalue weighted by molar-refractivity contribution is 6.01. The molecule has 0 atom stereocenters. The predicted molar refractivity (Wildman–Crippen MR) is 109 cm³/mol. The normalized spacial score (nSPS) is 13.5. The summed E-state index contributed by atoms with van der Waals surface area (Å²) in [5.41, 5.74) is 1.58. The van der Waals surface area contributed by atoms with Gasteiger partial charge in [0.15, 0.2) is 6.61 Å². The third-order valence-corrected chi connectivity index (χ3v) is 4.79. The Labute approximate surface area is 167 Å². The number of esters is 1. The summed E-state index contributed by atoms with van der Waals surface area (Å²) in [5, 5.41) is 3.40. The van der Waals surface area contributed by atoms with Gasteiger partial charge in [-0.25, -0.2) is 14.2 Å². The van der Waals surface area contributed by atoms with Crippen LogP contribution in [0, 0.1) is 5.82 Å². The van der Waals surface area contributed by atoms with Gasteiger partial charge in [0.2, 0.25) is 0 Å². The van der Waals surface area contributed by atoms with Crippen LogP contribution in [0.25, 0.3) is 10.9 Å². The second-order valence-corrected chi connectivity index (χ2v) is 6.88. The first-order chi connectivity index (χ1) is 14.1. The lowest BCUT2D eigenvalue weighted by Gasteiger charge is -2.20. The molecule has 7 heteroatoms. The van der Waals surface area contributed by atoms with E-state index in [-0.39, 0.29) is 0 Å². The maximum absolute atomic E-state index is 13.0. The molecular weight excluding hydrogens is 373 g/mol. The number of hydrogen-bond acceptors (Lipinski definition) is 5. The molecule has 0 saturated carbocycles. The topological polar surface area (TPSA) is 71.5 Å². The summed E-state index contributed by atoms with van der Waals surface area (Å²) >= 11 is 0. The highest BCUT2D eigenvalue weighted by Crippen LogP contribution is 2.27. The van der Waals surface area contributed by atoms with E-state index < -0.39 is 24.3 Å². The van der Waals surface area contributed by atoms with Gasteiger partial charge in [-0.1, -0.05) is 18.2 Å². The standard InChI is InChI=1S/C22H20FN3O3/c23-16-7-9-17(10-8-16)24-20(27)14-29-22(28)18-13-15-5-1-2-6-19(15)25-21(18)26-11-3-4-12-26/h1-2,5-10,13H,3-4,11-12,14H2,(H,24,27). The van der Waals surface area contributed by atoms with Crippen molar-refractivity contribution in [1.82, 2.24) is 4.98 Å². The van der Waals surface area contributed by atoms with Gasteiger partial charge in [0.25, 0.3) is 5.91 Å². The lowest BCUT2D eigenvalue weighted by Crippen LogP contribution is -2.25. The molecule has 148 valence electrons. The number of para-hydroxylation sites is 1. The average Bonchev–Trinajstić information content (AvgIpc) is 3.27. The van der Waals surface area contributed by atoms with Crippen LogP contribution in [0.5, 0.6) is 0 Å². The minimum Gasteiger partial charge on any atom is -0.452 e. The largest absolute Gasteiger partial charge is 0.452 e. The molecule has 1 amide bonds. The first-order valence-electron chi connectivity index (χ1n) is 9.47. The number of rotatable bonds is 5. The Kier molecular flexibility index (Phi) is 5.37. The molecule has 1 aliphatic rings. The van der Waals surface area contributed by atoms with E-state index >= 15 is 0 Å². The molecule has 4 rings (SSSR count). The van der Waals surface area contributed by atoms with E-state index in [2.05, 4.69) is 15.2 Å². The molecule has 0 bridgehead atoms. The summed E-state index contributed by atoms with van der Waals surface area (Å²) in [6, 6.07) is 14.7. The summed E-state index contributed by atoms with van der Waals surface area (Å²) in [6.45, 7) is 1.22. The van der Waals surface area contributed by atoms with Crippen molar-refractivity contribution in [2.24, 2.45) is 0 Å². The summed E-state index contributed by atoms with van der Waals surface area (Å²) < 4.78 is 18.2. The molecule has 0 spiro atoms. The highest BCUT2D eigenvalue weighted by atomic mass is 19.1. The maximum Gasteiger partial charge on any atom is 0.342 e. The number of nitrogens with one attached hydrogen (secondary N) is 1. The van der Waals surface area contributed by atoms with E-state index in [1.165, 1.54) is 24.3 Å². The lowest BCUT2D eigenvalue weighted by molar-refractivity contribution is -0.119. The predicted octanol–water partition coefficient (Wildman–Crippen LogP) is 3.77. The first kappa shape index (κ1) is 18.9. The Morgan fingerprint density at radius 1 is 1.07 bits per heavy atom. The van der Waals surface area contributed by atoms with Crippen LogP contribution in [0.1, 0.15) is 23.2 Å². The number of benzene rings is 2. The number of halogens is 1. The van der Waals surface area contributed by atoms with Gasteiger partial charge in [-0.05, 0) is 49.2 Å². The number of amides is 1. The van der Waals surface area contributed by atoms with E-state index in [1.54, 1.807) is 6.07 Å². The van der Waals surface area contributed by atoms with Crippen molar-refractivity contribution in [3.8, 4) is 0 Å². The number of hydrogen-bond donors (Lipinski definition) is 1. The second-order valence-electron chi connectivity index (χ2n) is 6.88. The Hall–Kier alpha value is -3.48. The number of nitrogens with zero attached hydrogens (tertiary/aromatic N) is 2. The Balaban J connectivity index is 1.50. The van der Waals surface area contributed by atoms with E-state index in [0.29, 0.717) is 17.1 Å². The van der Waals surface area contributed by atoms with Gasteiger partial charge in [-0.3, -0.25) is 4.79 Å². The summed E-state index contributed by atoms with van der Waals surface area (Å²) in [7, 11) is 0. The van der Waals surface area contributed by atoms with E-state index in [9.17, 15) is 14.0 Å². The van der Waals surface area contributed by atoms with Gasteiger partial charge in [-0.2, -0.15) is 0 Å². The molecular formula is C22H20FN3O3. The number of ether oxygens (including phenoxy) is 1. The van der Waals surface area contributed by atoms with Crippen LogP contribution in [0.3, 0.4) is 0 Å². The fraction of sp³-hybridized carbons (Fsp3) is 0.227. The fourth-order valence-corrected chi connectivity index (χ4v) is 3.37. The number of pyridine rings is 1. The van der Waals surface area contributed by atoms with E-state index in [1.807, 2.05) is 24.3 Å². The van der Waals surface area contributed by atoms with Crippen LogP contribution in [0.4, 0.5) is 15.9 Å². The second kappa shape index (κ2) is 8.26. The van der Waals surface area contributed by atoms with Crippen LogP contribution in [0.15, 0.2) is 54.6 Å². The molecule has 29 heavy (non-hydrogen) atoms. The SMILES string of the molecule is O=C(COC(=O)c1cc2ccccc2nc1N1CCCC1)Nc1ccc(F)cc1. The summed E-state index contributed by atoms with van der Waals surface area (Å²) in [4.78, 5) is 31.6. The van der Waals surface area contributed by atoms with Crippen molar-refractivity contribution >= 4 is 34.3 Å². The molecule has 3 aromatic rings. The van der Waals surface area contributed by atoms with Gasteiger partial charge in [0.05, 0.1) is 5.52 Å². The zero-order valence-corrected chi connectivity index (χ0v) is 15.7. The summed E-state index contributed by atoms with van der Waals surface area (Å²) in [5.74, 6) is -0.904. The quantitative estimate of drug-likeness (QED) is 0.668. The van der Waals surface area contributed by atoms with E-state index in [0.717, 1.165) is 36.8 Å². The number of anilines is 2. The minimum atomic E-state index is -0.598. The monoisotopic (exact) mass is 393 g/mol. The fourth-order valence-electron chi connectivity index (χ4n) is 3.37. The Morgan fingerprint density at radius 2 is 1.79 bits per heavy atom. The Bertz CT molecular complexity index is 1050. The van der Waals surface area contributed by atoms with Gasteiger partial charge < -0.3 is 15.0 Å². The zero-order valence-electron chi connectivity index (χ0n) is 15.7. The average molecular weight is 393 g/mol. The van der Waals surface area contributed by atoms with Crippen molar-refractivity contribution in [2.45, 2.75) is 12.8 Å². The van der Waals surface area contributed by atoms with Crippen molar-refractivity contribution in [3.05, 3.63) is 66.0 Å². The molecule has 1 N–H and O–H groups in total. The van der Waals surface area contributed by atoms with Crippen molar-refractivity contribution in [1.29, 1.82) is 0 Å². The van der Waals surface area contributed by atoms with Crippen molar-refractivity contribution < 1.29 is 18.7 Å². The van der Waals surface area contributed by atoms with Gasteiger partial charge in [0.1, 0.15) is 17.2 Å². The maximum atomic E-state index is 13.0. The van der Waals surface area contributed by atoms with Gasteiger partial charge in [0, 0.05) is 24.2 Å². The van der Waals surface area contributed by atoms with Crippen LogP contribution >= 0.6 is 0 Å². The van der Waals surface area contributed by atoms with Crippen LogP contribution in [0.2, 0.25) is 0 Å². The number of carbonyl (C=O) groups is 2. The van der Waals surface area contributed by atoms with E-state index in [4.69, 9.17) is 4.74 Å². The molecule has 1 fully saturated rings. The van der Waals surface area contributed by atoms with Gasteiger partial charge in [-0.15, -0.1) is 0 Å². The smallest absolute Gasteiger partial charge is 0.342 e.